The van der Waals surface area contributed by atoms with Crippen LogP contribution < -0.4 is 4.90 Å². The van der Waals surface area contributed by atoms with Crippen molar-refractivity contribution in [3.05, 3.63) is 51.3 Å². The highest BCUT2D eigenvalue weighted by Gasteiger charge is 2.32. The summed E-state index contributed by atoms with van der Waals surface area (Å²) >= 11 is 6.38. The number of aromatic nitrogens is 1. The molecule has 28 heavy (non-hydrogen) atoms. The van der Waals surface area contributed by atoms with Gasteiger partial charge in [0.25, 0.3) is 0 Å². The molecule has 0 bridgehead atoms. The monoisotopic (exact) mass is 400 g/mol. The van der Waals surface area contributed by atoms with E-state index in [0.29, 0.717) is 42.2 Å². The first-order chi connectivity index (χ1) is 13.5. The number of aromatic amines is 1. The lowest BCUT2D eigenvalue weighted by molar-refractivity contribution is -0.142. The van der Waals surface area contributed by atoms with Crippen molar-refractivity contribution in [2.24, 2.45) is 5.92 Å². The maximum absolute atomic E-state index is 13.5. The van der Waals surface area contributed by atoms with E-state index in [4.69, 9.17) is 11.6 Å². The Morgan fingerprint density at radius 3 is 2.57 bits per heavy atom. The number of hydrogen-bond acceptors (Lipinski definition) is 3. The summed E-state index contributed by atoms with van der Waals surface area (Å²) in [5.74, 6) is -1.09. The Kier molecular flexibility index (Phi) is 5.19. The van der Waals surface area contributed by atoms with Crippen LogP contribution in [0.1, 0.15) is 58.6 Å². The van der Waals surface area contributed by atoms with Crippen LogP contribution in [0.25, 0.3) is 0 Å². The number of anilines is 1. The maximum atomic E-state index is 13.5. The normalized spacial score (nSPS) is 17.4. The molecule has 1 aromatic carbocycles. The van der Waals surface area contributed by atoms with Crippen molar-refractivity contribution in [1.82, 2.24) is 4.98 Å². The van der Waals surface area contributed by atoms with Gasteiger partial charge in [-0.25, -0.2) is 0 Å². The molecule has 1 aliphatic heterocycles. The standard InChI is InChI=1S/C22H25ClN2O3/c1-13-5-4-7-16(23)18(13)21(26)19-20(15-6-2-3-8-17(15)24-19)25-11-9-14(10-12-25)22(27)28/h4-5,7,14,24H,2-3,6,8-12H2,1H3,(H,27,28). The minimum atomic E-state index is -0.723. The number of halogens is 1. The molecule has 1 aromatic heterocycles. The van der Waals surface area contributed by atoms with E-state index < -0.39 is 5.97 Å². The topological polar surface area (TPSA) is 73.4 Å². The number of carboxylic acid groups (broad SMARTS) is 1. The fourth-order valence-corrected chi connectivity index (χ4v) is 4.88. The molecule has 0 unspecified atom stereocenters. The summed E-state index contributed by atoms with van der Waals surface area (Å²) in [7, 11) is 0. The molecule has 148 valence electrons. The second-order valence-corrected chi connectivity index (χ2v) is 8.28. The van der Waals surface area contributed by atoms with E-state index in [1.807, 2.05) is 19.1 Å². The Morgan fingerprint density at radius 1 is 1.18 bits per heavy atom. The van der Waals surface area contributed by atoms with Gasteiger partial charge in [-0.2, -0.15) is 0 Å². The molecule has 2 aromatic rings. The molecule has 2 aliphatic rings. The van der Waals surface area contributed by atoms with Gasteiger partial charge in [0, 0.05) is 24.3 Å². The van der Waals surface area contributed by atoms with Crippen LogP contribution >= 0.6 is 11.6 Å². The molecule has 0 spiro atoms. The molecule has 1 aliphatic carbocycles. The Labute approximate surface area is 169 Å². The van der Waals surface area contributed by atoms with Gasteiger partial charge in [-0.15, -0.1) is 0 Å². The van der Waals surface area contributed by atoms with Gasteiger partial charge in [0.05, 0.1) is 16.6 Å². The number of nitrogens with zero attached hydrogens (tertiary/aromatic N) is 1. The van der Waals surface area contributed by atoms with Crippen molar-refractivity contribution in [3.8, 4) is 0 Å². The van der Waals surface area contributed by atoms with Gasteiger partial charge in [-0.3, -0.25) is 9.59 Å². The molecule has 5 nitrogen and oxygen atoms in total. The number of aliphatic carboxylic acids is 1. The zero-order valence-corrected chi connectivity index (χ0v) is 16.8. The zero-order valence-electron chi connectivity index (χ0n) is 16.1. The van der Waals surface area contributed by atoms with E-state index in [0.717, 1.165) is 42.6 Å². The van der Waals surface area contributed by atoms with Gasteiger partial charge in [0.1, 0.15) is 5.69 Å². The number of hydrogen-bond donors (Lipinski definition) is 2. The van der Waals surface area contributed by atoms with Crippen LogP contribution in [0.15, 0.2) is 18.2 Å². The number of rotatable bonds is 4. The fraction of sp³-hybridized carbons (Fsp3) is 0.455. The second kappa shape index (κ2) is 7.63. The van der Waals surface area contributed by atoms with Crippen LogP contribution in [0.3, 0.4) is 0 Å². The Balaban J connectivity index is 1.75. The average molecular weight is 401 g/mol. The number of carbonyl (C=O) groups is 2. The molecule has 0 atom stereocenters. The number of H-pyrrole nitrogens is 1. The molecule has 0 saturated carbocycles. The number of aryl methyl sites for hydroxylation is 2. The molecule has 1 saturated heterocycles. The Morgan fingerprint density at radius 2 is 1.89 bits per heavy atom. The summed E-state index contributed by atoms with van der Waals surface area (Å²) in [5.41, 5.74) is 5.37. The highest BCUT2D eigenvalue weighted by molar-refractivity contribution is 6.35. The largest absolute Gasteiger partial charge is 0.481 e. The van der Waals surface area contributed by atoms with E-state index >= 15 is 0 Å². The first kappa shape index (κ1) is 19.1. The third-order valence-corrected chi connectivity index (χ3v) is 6.42. The maximum Gasteiger partial charge on any atom is 0.306 e. The predicted octanol–water partition coefficient (Wildman–Crippen LogP) is 4.39. The summed E-state index contributed by atoms with van der Waals surface area (Å²) in [4.78, 5) is 30.5. The first-order valence-electron chi connectivity index (χ1n) is 9.98. The number of nitrogens with one attached hydrogen (secondary N) is 1. The van der Waals surface area contributed by atoms with Crippen molar-refractivity contribution in [1.29, 1.82) is 0 Å². The van der Waals surface area contributed by atoms with E-state index in [2.05, 4.69) is 9.88 Å². The molecule has 6 heteroatoms. The Bertz CT molecular complexity index is 906. The third-order valence-electron chi connectivity index (χ3n) is 6.10. The third kappa shape index (κ3) is 3.32. The summed E-state index contributed by atoms with van der Waals surface area (Å²) in [6.07, 6.45) is 5.34. The molecule has 2 N–H and O–H groups in total. The first-order valence-corrected chi connectivity index (χ1v) is 10.4. The van der Waals surface area contributed by atoms with E-state index in [1.165, 1.54) is 5.56 Å². The van der Waals surface area contributed by atoms with Crippen molar-refractivity contribution in [2.45, 2.75) is 45.4 Å². The van der Waals surface area contributed by atoms with Crippen molar-refractivity contribution in [3.63, 3.8) is 0 Å². The summed E-state index contributed by atoms with van der Waals surface area (Å²) in [5, 5.41) is 9.77. The van der Waals surface area contributed by atoms with Crippen LogP contribution in [0.4, 0.5) is 5.69 Å². The highest BCUT2D eigenvalue weighted by atomic mass is 35.5. The van der Waals surface area contributed by atoms with Crippen LogP contribution in [0.2, 0.25) is 5.02 Å². The SMILES string of the molecule is Cc1cccc(Cl)c1C(=O)c1[nH]c2c(c1N1CCC(C(=O)O)CC1)CCCC2. The van der Waals surface area contributed by atoms with Gasteiger partial charge < -0.3 is 15.0 Å². The smallest absolute Gasteiger partial charge is 0.306 e. The highest BCUT2D eigenvalue weighted by Crippen LogP contribution is 2.38. The van der Waals surface area contributed by atoms with E-state index in [9.17, 15) is 14.7 Å². The fourth-order valence-electron chi connectivity index (χ4n) is 4.57. The number of ketones is 1. The van der Waals surface area contributed by atoms with E-state index in [1.54, 1.807) is 6.07 Å². The molecular weight excluding hydrogens is 376 g/mol. The van der Waals surface area contributed by atoms with Crippen molar-refractivity contribution < 1.29 is 14.7 Å². The minimum Gasteiger partial charge on any atom is -0.481 e. The molecule has 2 heterocycles. The van der Waals surface area contributed by atoms with Crippen LogP contribution in [-0.2, 0) is 17.6 Å². The molecule has 1 fully saturated rings. The van der Waals surface area contributed by atoms with Crippen molar-refractivity contribution in [2.75, 3.05) is 18.0 Å². The van der Waals surface area contributed by atoms with Gasteiger partial charge in [0.2, 0.25) is 5.78 Å². The van der Waals surface area contributed by atoms with Gasteiger partial charge in [-0.05, 0) is 62.6 Å². The van der Waals surface area contributed by atoms with Crippen LogP contribution in [0, 0.1) is 12.8 Å². The van der Waals surface area contributed by atoms with Crippen LogP contribution in [-0.4, -0.2) is 34.9 Å². The van der Waals surface area contributed by atoms with Gasteiger partial charge >= 0.3 is 5.97 Å². The van der Waals surface area contributed by atoms with Crippen molar-refractivity contribution >= 4 is 29.0 Å². The number of fused-ring (bicyclic) bond motifs is 1. The zero-order chi connectivity index (χ0) is 19.8. The number of carbonyl (C=O) groups excluding carboxylic acids is 1. The summed E-state index contributed by atoms with van der Waals surface area (Å²) in [6, 6.07) is 5.51. The summed E-state index contributed by atoms with van der Waals surface area (Å²) in [6.45, 7) is 3.21. The predicted molar refractivity (Wildman–Crippen MR) is 110 cm³/mol. The van der Waals surface area contributed by atoms with Gasteiger partial charge in [0.15, 0.2) is 0 Å². The lowest BCUT2D eigenvalue weighted by atomic mass is 9.92. The molecule has 0 radical (unpaired) electrons. The minimum absolute atomic E-state index is 0.0761. The molecule has 4 rings (SSSR count). The Hall–Kier alpha value is -2.27. The lowest BCUT2D eigenvalue weighted by Gasteiger charge is -2.33. The summed E-state index contributed by atoms with van der Waals surface area (Å²) < 4.78 is 0. The van der Waals surface area contributed by atoms with Crippen LogP contribution in [0.5, 0.6) is 0 Å². The number of piperidine rings is 1. The quantitative estimate of drug-likeness (QED) is 0.746. The van der Waals surface area contributed by atoms with Gasteiger partial charge in [-0.1, -0.05) is 23.7 Å². The number of benzene rings is 1. The number of carboxylic acids is 1. The lowest BCUT2D eigenvalue weighted by Crippen LogP contribution is -2.37. The van der Waals surface area contributed by atoms with E-state index in [-0.39, 0.29) is 11.7 Å². The second-order valence-electron chi connectivity index (χ2n) is 7.87. The molecular formula is C22H25ClN2O3. The molecule has 0 amide bonds. The average Bonchev–Trinajstić information content (AvgIpc) is 3.07.